The van der Waals surface area contributed by atoms with Crippen molar-refractivity contribution in [1.29, 1.82) is 0 Å². The van der Waals surface area contributed by atoms with E-state index in [4.69, 9.17) is 4.74 Å². The molecule has 0 aromatic carbocycles. The Morgan fingerprint density at radius 2 is 2.38 bits per heavy atom. The van der Waals surface area contributed by atoms with Gasteiger partial charge in [-0.1, -0.05) is 6.08 Å². The molecule has 0 fully saturated rings. The molecular formula is C10H14O3. The Labute approximate surface area is 77.7 Å². The lowest BCUT2D eigenvalue weighted by molar-refractivity contribution is -0.125. The Morgan fingerprint density at radius 3 is 2.92 bits per heavy atom. The number of hydrogen-bond donors (Lipinski definition) is 1. The number of aliphatic hydroxyl groups is 1. The molecule has 2 unspecified atom stereocenters. The molecule has 13 heavy (non-hydrogen) atoms. The maximum absolute atomic E-state index is 10.7. The van der Waals surface area contributed by atoms with Crippen LogP contribution in [0.1, 0.15) is 19.8 Å². The molecule has 1 aliphatic heterocycles. The molecule has 0 aromatic rings. The predicted molar refractivity (Wildman–Crippen MR) is 49.1 cm³/mol. The Hall–Kier alpha value is -1.09. The lowest BCUT2D eigenvalue weighted by Crippen LogP contribution is -2.20. The Kier molecular flexibility index (Phi) is 3.71. The molecule has 2 atom stereocenters. The van der Waals surface area contributed by atoms with Crippen molar-refractivity contribution in [1.82, 2.24) is 0 Å². The number of ketones is 1. The molecule has 1 aliphatic rings. The van der Waals surface area contributed by atoms with Crippen LogP contribution in [0, 0.1) is 0 Å². The van der Waals surface area contributed by atoms with Crippen molar-refractivity contribution >= 4 is 5.78 Å². The fourth-order valence-electron chi connectivity index (χ4n) is 1.11. The highest BCUT2D eigenvalue weighted by Gasteiger charge is 2.13. The van der Waals surface area contributed by atoms with Gasteiger partial charge >= 0.3 is 0 Å². The molecule has 0 saturated heterocycles. The minimum atomic E-state index is -0.845. The molecule has 0 aromatic heterocycles. The van der Waals surface area contributed by atoms with Gasteiger partial charge in [0, 0.05) is 0 Å². The van der Waals surface area contributed by atoms with Crippen LogP contribution in [0.4, 0.5) is 0 Å². The van der Waals surface area contributed by atoms with Crippen LogP contribution < -0.4 is 0 Å². The first kappa shape index (κ1) is 9.99. The van der Waals surface area contributed by atoms with Gasteiger partial charge in [0.2, 0.25) is 0 Å². The van der Waals surface area contributed by atoms with E-state index >= 15 is 0 Å². The molecule has 72 valence electrons. The van der Waals surface area contributed by atoms with E-state index in [1.165, 1.54) is 6.92 Å². The minimum Gasteiger partial charge on any atom is -0.494 e. The summed E-state index contributed by atoms with van der Waals surface area (Å²) in [4.78, 5) is 10.7. The molecule has 3 heteroatoms. The summed E-state index contributed by atoms with van der Waals surface area (Å²) in [5.74, 6) is -0.185. The smallest absolute Gasteiger partial charge is 0.158 e. The molecule has 0 radical (unpaired) electrons. The number of allylic oxidation sites excluding steroid dienone is 2. The molecule has 0 amide bonds. The van der Waals surface area contributed by atoms with Crippen LogP contribution in [0.25, 0.3) is 0 Å². The van der Waals surface area contributed by atoms with Crippen molar-refractivity contribution in [2.45, 2.75) is 32.0 Å². The summed E-state index contributed by atoms with van der Waals surface area (Å²) in [5.41, 5.74) is 0. The highest BCUT2D eigenvalue weighted by atomic mass is 16.5. The van der Waals surface area contributed by atoms with Crippen molar-refractivity contribution in [3.05, 3.63) is 24.5 Å². The largest absolute Gasteiger partial charge is 0.494 e. The highest BCUT2D eigenvalue weighted by Crippen LogP contribution is 2.10. The van der Waals surface area contributed by atoms with Crippen LogP contribution in [-0.4, -0.2) is 23.1 Å². The zero-order chi connectivity index (χ0) is 9.68. The second-order valence-electron chi connectivity index (χ2n) is 3.09. The Morgan fingerprint density at radius 1 is 1.62 bits per heavy atom. The number of rotatable bonds is 4. The van der Waals surface area contributed by atoms with Crippen LogP contribution in [0.5, 0.6) is 0 Å². The number of ether oxygens (including phenoxy) is 1. The summed E-state index contributed by atoms with van der Waals surface area (Å²) < 4.78 is 5.22. The SMILES string of the molecule is CC(=O)C(O)CCC1C=CC=CO1. The third-order valence-corrected chi connectivity index (χ3v) is 1.96. The first-order valence-corrected chi connectivity index (χ1v) is 4.37. The van der Waals surface area contributed by atoms with E-state index in [1.807, 2.05) is 12.2 Å². The van der Waals surface area contributed by atoms with Crippen LogP contribution in [0.15, 0.2) is 24.5 Å². The number of carbonyl (C=O) groups is 1. The average Bonchev–Trinajstić information content (AvgIpc) is 2.15. The average molecular weight is 182 g/mol. The van der Waals surface area contributed by atoms with Gasteiger partial charge in [-0.3, -0.25) is 4.79 Å². The van der Waals surface area contributed by atoms with E-state index in [-0.39, 0.29) is 11.9 Å². The topological polar surface area (TPSA) is 46.5 Å². The maximum Gasteiger partial charge on any atom is 0.158 e. The van der Waals surface area contributed by atoms with Crippen LogP contribution >= 0.6 is 0 Å². The third-order valence-electron chi connectivity index (χ3n) is 1.96. The van der Waals surface area contributed by atoms with E-state index in [9.17, 15) is 9.90 Å². The molecule has 0 bridgehead atoms. The second kappa shape index (κ2) is 4.82. The number of carbonyl (C=O) groups excluding carboxylic acids is 1. The van der Waals surface area contributed by atoms with Gasteiger partial charge in [-0.05, 0) is 31.9 Å². The van der Waals surface area contributed by atoms with Gasteiger partial charge in [0.25, 0.3) is 0 Å². The summed E-state index contributed by atoms with van der Waals surface area (Å²) in [5, 5.41) is 9.21. The highest BCUT2D eigenvalue weighted by molar-refractivity contribution is 5.79. The van der Waals surface area contributed by atoms with Gasteiger partial charge in [-0.2, -0.15) is 0 Å². The zero-order valence-corrected chi connectivity index (χ0v) is 7.64. The van der Waals surface area contributed by atoms with Crippen molar-refractivity contribution in [3.8, 4) is 0 Å². The first-order chi connectivity index (χ1) is 6.20. The second-order valence-corrected chi connectivity index (χ2v) is 3.09. The van der Waals surface area contributed by atoms with Crippen LogP contribution in [0.2, 0.25) is 0 Å². The van der Waals surface area contributed by atoms with Gasteiger partial charge in [0.1, 0.15) is 12.2 Å². The molecule has 1 rings (SSSR count). The van der Waals surface area contributed by atoms with Crippen molar-refractivity contribution in [3.63, 3.8) is 0 Å². The van der Waals surface area contributed by atoms with Gasteiger partial charge in [0.05, 0.1) is 6.26 Å². The lowest BCUT2D eigenvalue weighted by Gasteiger charge is -2.15. The number of Topliss-reactive ketones (excluding diaryl/α,β-unsaturated/α-hetero) is 1. The standard InChI is InChI=1S/C10H14O3/c1-8(11)10(12)6-5-9-4-2-3-7-13-9/h2-4,7,9-10,12H,5-6H2,1H3. The summed E-state index contributed by atoms with van der Waals surface area (Å²) in [6.45, 7) is 1.39. The van der Waals surface area contributed by atoms with E-state index in [0.717, 1.165) is 0 Å². The van der Waals surface area contributed by atoms with E-state index in [0.29, 0.717) is 12.8 Å². The van der Waals surface area contributed by atoms with Gasteiger partial charge in [0.15, 0.2) is 5.78 Å². The predicted octanol–water partition coefficient (Wildman–Crippen LogP) is 1.19. The van der Waals surface area contributed by atoms with E-state index < -0.39 is 6.10 Å². The fraction of sp³-hybridized carbons (Fsp3) is 0.500. The Balaban J connectivity index is 2.22. The third kappa shape index (κ3) is 3.42. The molecule has 0 saturated carbocycles. The summed E-state index contributed by atoms with van der Waals surface area (Å²) in [6, 6.07) is 0. The summed E-state index contributed by atoms with van der Waals surface area (Å²) >= 11 is 0. The number of aliphatic hydroxyl groups excluding tert-OH is 1. The molecule has 0 spiro atoms. The summed E-state index contributed by atoms with van der Waals surface area (Å²) in [7, 11) is 0. The maximum atomic E-state index is 10.7. The van der Waals surface area contributed by atoms with E-state index in [1.54, 1.807) is 12.3 Å². The monoisotopic (exact) mass is 182 g/mol. The number of hydrogen-bond acceptors (Lipinski definition) is 3. The fourth-order valence-corrected chi connectivity index (χ4v) is 1.11. The quantitative estimate of drug-likeness (QED) is 0.710. The van der Waals surface area contributed by atoms with E-state index in [2.05, 4.69) is 0 Å². The minimum absolute atomic E-state index is 0.000926. The molecule has 1 N–H and O–H groups in total. The van der Waals surface area contributed by atoms with Crippen molar-refractivity contribution < 1.29 is 14.6 Å². The van der Waals surface area contributed by atoms with Crippen LogP contribution in [-0.2, 0) is 9.53 Å². The molecule has 3 nitrogen and oxygen atoms in total. The van der Waals surface area contributed by atoms with Crippen molar-refractivity contribution in [2.24, 2.45) is 0 Å². The molecule has 0 aliphatic carbocycles. The molecule has 1 heterocycles. The summed E-state index contributed by atoms with van der Waals surface area (Å²) in [6.07, 6.45) is 7.51. The van der Waals surface area contributed by atoms with Gasteiger partial charge in [-0.25, -0.2) is 0 Å². The first-order valence-electron chi connectivity index (χ1n) is 4.37. The zero-order valence-electron chi connectivity index (χ0n) is 7.64. The Bertz CT molecular complexity index is 230. The molecular weight excluding hydrogens is 168 g/mol. The van der Waals surface area contributed by atoms with Crippen LogP contribution in [0.3, 0.4) is 0 Å². The lowest BCUT2D eigenvalue weighted by atomic mass is 10.1. The van der Waals surface area contributed by atoms with Gasteiger partial charge in [-0.15, -0.1) is 0 Å². The van der Waals surface area contributed by atoms with Crippen molar-refractivity contribution in [2.75, 3.05) is 0 Å². The normalized spacial score (nSPS) is 22.5. The van der Waals surface area contributed by atoms with Gasteiger partial charge < -0.3 is 9.84 Å².